The molecule has 1 aliphatic carbocycles. The molecule has 1 saturated carbocycles. The first-order valence-corrected chi connectivity index (χ1v) is 15.7. The Morgan fingerprint density at radius 3 is 2.72 bits per heavy atom. The molecule has 2 heterocycles. The van der Waals surface area contributed by atoms with E-state index in [0.717, 1.165) is 31.2 Å². The molecule has 0 spiro atoms. The van der Waals surface area contributed by atoms with Gasteiger partial charge in [-0.15, -0.1) is 0 Å². The minimum absolute atomic E-state index is 0.00661. The van der Waals surface area contributed by atoms with Crippen molar-refractivity contribution >= 4 is 17.5 Å². The molecule has 2 aliphatic heterocycles. The van der Waals surface area contributed by atoms with Crippen molar-refractivity contribution in [2.75, 3.05) is 71.5 Å². The molecule has 2 fully saturated rings. The van der Waals surface area contributed by atoms with E-state index in [2.05, 4.69) is 39.8 Å². The van der Waals surface area contributed by atoms with Crippen molar-refractivity contribution in [1.29, 1.82) is 0 Å². The predicted octanol–water partition coefficient (Wildman–Crippen LogP) is 2.73. The van der Waals surface area contributed by atoms with Gasteiger partial charge in [-0.25, -0.2) is 0 Å². The Morgan fingerprint density at radius 2 is 1.93 bits per heavy atom. The molecule has 234 valence electrons. The van der Waals surface area contributed by atoms with Gasteiger partial charge in [-0.05, 0) is 60.8 Å². The molecule has 5 rings (SSSR count). The highest BCUT2D eigenvalue weighted by atomic mass is 16.5. The van der Waals surface area contributed by atoms with E-state index in [1.54, 1.807) is 18.0 Å². The first-order chi connectivity index (χ1) is 20.9. The van der Waals surface area contributed by atoms with Gasteiger partial charge in [0.25, 0.3) is 5.91 Å². The van der Waals surface area contributed by atoms with Crippen molar-refractivity contribution in [1.82, 2.24) is 15.1 Å². The number of amides is 2. The molecule has 2 amide bonds. The smallest absolute Gasteiger partial charge is 0.262 e. The van der Waals surface area contributed by atoms with Gasteiger partial charge in [0, 0.05) is 51.9 Å². The van der Waals surface area contributed by atoms with Crippen molar-refractivity contribution in [3.05, 3.63) is 53.1 Å². The number of rotatable bonds is 15. The van der Waals surface area contributed by atoms with Gasteiger partial charge in [-0.3, -0.25) is 9.59 Å². The highest BCUT2D eigenvalue weighted by molar-refractivity contribution is 5.97. The van der Waals surface area contributed by atoms with Gasteiger partial charge in [-0.2, -0.15) is 0 Å². The number of phenols is 1. The number of benzene rings is 2. The third kappa shape index (κ3) is 8.47. The lowest BCUT2D eigenvalue weighted by Gasteiger charge is -2.24. The molecular formula is C33H46N4O6. The molecule has 2 aromatic carbocycles. The molecule has 43 heavy (non-hydrogen) atoms. The van der Waals surface area contributed by atoms with E-state index >= 15 is 0 Å². The van der Waals surface area contributed by atoms with E-state index in [1.165, 1.54) is 49.5 Å². The van der Waals surface area contributed by atoms with Gasteiger partial charge >= 0.3 is 0 Å². The summed E-state index contributed by atoms with van der Waals surface area (Å²) in [6.45, 7) is 5.71. The quantitative estimate of drug-likeness (QED) is 0.183. The number of hydrogen-bond donors (Lipinski definition) is 4. The highest BCUT2D eigenvalue weighted by Crippen LogP contribution is 2.41. The summed E-state index contributed by atoms with van der Waals surface area (Å²) in [4.78, 5) is 28.4. The normalized spacial score (nSPS) is 20.3. The summed E-state index contributed by atoms with van der Waals surface area (Å²) in [7, 11) is 1.76. The summed E-state index contributed by atoms with van der Waals surface area (Å²) in [5, 5.41) is 26.3. The number of aliphatic hydroxyl groups is 1. The largest absolute Gasteiger partial charge is 0.506 e. The molecule has 4 N–H and O–H groups in total. The zero-order valence-corrected chi connectivity index (χ0v) is 25.2. The maximum Gasteiger partial charge on any atom is 0.262 e. The zero-order chi connectivity index (χ0) is 30.2. The second-order valence-corrected chi connectivity index (χ2v) is 12.1. The zero-order valence-electron chi connectivity index (χ0n) is 25.2. The maximum atomic E-state index is 12.5. The number of aromatic hydroxyl groups is 1. The van der Waals surface area contributed by atoms with E-state index in [-0.39, 0.29) is 42.2 Å². The minimum Gasteiger partial charge on any atom is -0.506 e. The van der Waals surface area contributed by atoms with Gasteiger partial charge < -0.3 is 40.1 Å². The van der Waals surface area contributed by atoms with Gasteiger partial charge in [0.05, 0.1) is 25.7 Å². The van der Waals surface area contributed by atoms with Crippen molar-refractivity contribution in [2.45, 2.75) is 44.6 Å². The van der Waals surface area contributed by atoms with Gasteiger partial charge in [0.2, 0.25) is 5.91 Å². The van der Waals surface area contributed by atoms with E-state index in [0.29, 0.717) is 38.3 Å². The van der Waals surface area contributed by atoms with Crippen LogP contribution >= 0.6 is 0 Å². The van der Waals surface area contributed by atoms with E-state index in [4.69, 9.17) is 9.47 Å². The number of ether oxygens (including phenoxy) is 2. The number of carbonyl (C=O) groups excluding carboxylic acids is 2. The molecule has 0 bridgehead atoms. The number of hydrogen-bond acceptors (Lipinski definition) is 8. The number of phenolic OH excluding ortho intramolecular Hbond substituents is 1. The summed E-state index contributed by atoms with van der Waals surface area (Å²) >= 11 is 0. The van der Waals surface area contributed by atoms with Crippen LogP contribution in [0.1, 0.15) is 48.5 Å². The van der Waals surface area contributed by atoms with E-state index in [1.807, 2.05) is 0 Å². The monoisotopic (exact) mass is 594 g/mol. The summed E-state index contributed by atoms with van der Waals surface area (Å²) < 4.78 is 11.2. The number of likely N-dealkylation sites (tertiary alicyclic amines) is 1. The standard InChI is InChI=1S/C33H46N4O6/c1-36(15-13-34-19-29(39)27-8-9-28(38)32-33(27)43-22-30(40)35-32)31(41)12-17-42-16-11-24-5-2-4-23(18-24)10-14-37-20-25-6-3-7-26(25)21-37/h2,4-5,8-9,18,25-26,29,34,38-39H,3,6-7,10-17,19-22H2,1H3,(H,35,40). The Morgan fingerprint density at radius 1 is 1.16 bits per heavy atom. The Labute approximate surface area is 254 Å². The number of aliphatic hydroxyl groups excluding tert-OH is 1. The van der Waals surface area contributed by atoms with Crippen LogP contribution in [0.4, 0.5) is 5.69 Å². The first-order valence-electron chi connectivity index (χ1n) is 15.7. The van der Waals surface area contributed by atoms with Crippen LogP contribution in [0.25, 0.3) is 0 Å². The minimum atomic E-state index is -0.913. The van der Waals surface area contributed by atoms with E-state index < -0.39 is 6.10 Å². The molecule has 2 aromatic rings. The average molecular weight is 595 g/mol. The average Bonchev–Trinajstić information content (AvgIpc) is 3.61. The molecule has 3 unspecified atom stereocenters. The van der Waals surface area contributed by atoms with Gasteiger partial charge in [0.1, 0.15) is 11.4 Å². The second kappa shape index (κ2) is 15.0. The topological polar surface area (TPSA) is 124 Å². The lowest BCUT2D eigenvalue weighted by molar-refractivity contribution is -0.131. The number of carbonyl (C=O) groups is 2. The van der Waals surface area contributed by atoms with Crippen molar-refractivity contribution < 1.29 is 29.3 Å². The van der Waals surface area contributed by atoms with Crippen molar-refractivity contribution in [3.8, 4) is 11.5 Å². The summed E-state index contributed by atoms with van der Waals surface area (Å²) in [5.74, 6) is 1.69. The third-order valence-corrected chi connectivity index (χ3v) is 9.03. The van der Waals surface area contributed by atoms with Crippen LogP contribution in [0.5, 0.6) is 11.5 Å². The van der Waals surface area contributed by atoms with Crippen LogP contribution < -0.4 is 15.4 Å². The number of fused-ring (bicyclic) bond motifs is 2. The number of likely N-dealkylation sites (N-methyl/N-ethyl adjacent to an activating group) is 1. The van der Waals surface area contributed by atoms with Crippen LogP contribution in [-0.4, -0.2) is 98.0 Å². The summed E-state index contributed by atoms with van der Waals surface area (Å²) in [6.07, 6.45) is 5.60. The number of nitrogens with one attached hydrogen (secondary N) is 2. The summed E-state index contributed by atoms with van der Waals surface area (Å²) in [5.41, 5.74) is 3.30. The Kier molecular flexibility index (Phi) is 10.9. The lowest BCUT2D eigenvalue weighted by Crippen LogP contribution is -2.35. The molecular weight excluding hydrogens is 548 g/mol. The number of anilines is 1. The van der Waals surface area contributed by atoms with Gasteiger partial charge in [0.15, 0.2) is 12.4 Å². The third-order valence-electron chi connectivity index (χ3n) is 9.03. The number of nitrogens with zero attached hydrogens (tertiary/aromatic N) is 2. The van der Waals surface area contributed by atoms with E-state index in [9.17, 15) is 19.8 Å². The van der Waals surface area contributed by atoms with Crippen molar-refractivity contribution in [2.24, 2.45) is 11.8 Å². The molecule has 1 saturated heterocycles. The highest BCUT2D eigenvalue weighted by Gasteiger charge is 2.35. The Hall–Kier alpha value is -3.18. The van der Waals surface area contributed by atoms with Crippen molar-refractivity contribution in [3.63, 3.8) is 0 Å². The molecule has 10 heteroatoms. The molecule has 3 aliphatic rings. The van der Waals surface area contributed by atoms with Crippen LogP contribution in [0.15, 0.2) is 36.4 Å². The lowest BCUT2D eigenvalue weighted by atomic mass is 10.0. The fraction of sp³-hybridized carbons (Fsp3) is 0.576. The predicted molar refractivity (Wildman–Crippen MR) is 164 cm³/mol. The molecule has 0 aromatic heterocycles. The maximum absolute atomic E-state index is 12.5. The van der Waals surface area contributed by atoms with Crippen LogP contribution in [0.2, 0.25) is 0 Å². The van der Waals surface area contributed by atoms with Gasteiger partial charge in [-0.1, -0.05) is 30.7 Å². The molecule has 10 nitrogen and oxygen atoms in total. The Bertz CT molecular complexity index is 1240. The fourth-order valence-corrected chi connectivity index (χ4v) is 6.55. The first kappa shape index (κ1) is 31.3. The molecule has 0 radical (unpaired) electrons. The molecule has 3 atom stereocenters. The SMILES string of the molecule is CN(CCNCC(O)c1ccc(O)c2c1OCC(=O)N2)C(=O)CCOCCc1cccc(CCN2CC3CCCC3C2)c1. The van der Waals surface area contributed by atoms with Crippen LogP contribution in [-0.2, 0) is 27.2 Å². The van der Waals surface area contributed by atoms with Crippen LogP contribution in [0, 0.1) is 11.8 Å². The fourth-order valence-electron chi connectivity index (χ4n) is 6.55. The van der Waals surface area contributed by atoms with Crippen LogP contribution in [0.3, 0.4) is 0 Å². The summed E-state index contributed by atoms with van der Waals surface area (Å²) in [6, 6.07) is 11.8. The Balaban J connectivity index is 0.931. The second-order valence-electron chi connectivity index (χ2n) is 12.1.